The van der Waals surface area contributed by atoms with Gasteiger partial charge in [0.15, 0.2) is 5.65 Å². The van der Waals surface area contributed by atoms with Crippen LogP contribution in [0.5, 0.6) is 0 Å². The molecule has 0 bridgehead atoms. The van der Waals surface area contributed by atoms with E-state index in [1.807, 2.05) is 0 Å². The van der Waals surface area contributed by atoms with Crippen LogP contribution in [0.15, 0.2) is 12.3 Å². The number of H-pyrrole nitrogens is 1. The normalized spacial score (nSPS) is 11.9. The van der Waals surface area contributed by atoms with Crippen molar-refractivity contribution in [2.24, 2.45) is 0 Å². The van der Waals surface area contributed by atoms with E-state index >= 15 is 0 Å². The van der Waals surface area contributed by atoms with Crippen LogP contribution in [0.4, 0.5) is 0 Å². The number of aromatic nitrogens is 4. The number of imidazole rings is 1. The summed E-state index contributed by atoms with van der Waals surface area (Å²) in [7, 11) is 0. The van der Waals surface area contributed by atoms with Gasteiger partial charge in [0.2, 0.25) is 0 Å². The molecule has 2 rings (SSSR count). The van der Waals surface area contributed by atoms with E-state index in [9.17, 15) is 4.79 Å². The first-order valence-electron chi connectivity index (χ1n) is 4.43. The molecule has 2 aromatic rings. The largest absolute Gasteiger partial charge is 0.481 e. The van der Waals surface area contributed by atoms with Crippen molar-refractivity contribution in [3.05, 3.63) is 18.1 Å². The first-order valence-corrected chi connectivity index (χ1v) is 4.43. The summed E-state index contributed by atoms with van der Waals surface area (Å²) in [6, 6.07) is 1.71. The lowest BCUT2D eigenvalue weighted by atomic mass is 9.93. The van der Waals surface area contributed by atoms with Crippen LogP contribution in [-0.2, 0) is 10.2 Å². The van der Waals surface area contributed by atoms with Crippen molar-refractivity contribution in [3.8, 4) is 0 Å². The summed E-state index contributed by atoms with van der Waals surface area (Å²) in [6.07, 6.45) is 1.53. The highest BCUT2D eigenvalue weighted by atomic mass is 16.4. The summed E-state index contributed by atoms with van der Waals surface area (Å²) in [5, 5.41) is 16.5. The fourth-order valence-electron chi connectivity index (χ4n) is 1.16. The molecule has 0 aliphatic heterocycles. The number of nitrogens with zero attached hydrogens (tertiary/aromatic N) is 3. The Morgan fingerprint density at radius 3 is 2.87 bits per heavy atom. The quantitative estimate of drug-likeness (QED) is 0.755. The second kappa shape index (κ2) is 3.01. The molecule has 6 nitrogen and oxygen atoms in total. The molecular formula is C9H10N4O2. The Balaban J connectivity index is 2.58. The number of hydrogen-bond donors (Lipinski definition) is 2. The van der Waals surface area contributed by atoms with E-state index in [1.54, 1.807) is 19.9 Å². The molecule has 0 fully saturated rings. The molecule has 78 valence electrons. The molecule has 0 aliphatic carbocycles. The number of carbonyl (C=O) groups is 1. The fraction of sp³-hybridized carbons (Fsp3) is 0.333. The lowest BCUT2D eigenvalue weighted by Gasteiger charge is -2.14. The minimum Gasteiger partial charge on any atom is -0.481 e. The first-order chi connectivity index (χ1) is 7.01. The van der Waals surface area contributed by atoms with E-state index in [4.69, 9.17) is 5.11 Å². The van der Waals surface area contributed by atoms with Gasteiger partial charge in [-0.05, 0) is 19.9 Å². The van der Waals surface area contributed by atoms with Crippen LogP contribution >= 0.6 is 0 Å². The standard InChI is InChI=1S/C9H10N4O2/c1-9(2,8(14)15)7-11-5-3-4-10-13-6(5)12-7/h3-4H,1-2H3,(H,14,15)(H,11,12,13). The smallest absolute Gasteiger partial charge is 0.316 e. The van der Waals surface area contributed by atoms with E-state index in [-0.39, 0.29) is 0 Å². The summed E-state index contributed by atoms with van der Waals surface area (Å²) in [5.74, 6) is -0.556. The van der Waals surface area contributed by atoms with Gasteiger partial charge < -0.3 is 10.1 Å². The number of fused-ring (bicyclic) bond motifs is 1. The van der Waals surface area contributed by atoms with E-state index in [2.05, 4.69) is 20.2 Å². The van der Waals surface area contributed by atoms with Crippen LogP contribution in [0.25, 0.3) is 11.2 Å². The van der Waals surface area contributed by atoms with Gasteiger partial charge in [0.25, 0.3) is 0 Å². The molecule has 15 heavy (non-hydrogen) atoms. The van der Waals surface area contributed by atoms with Gasteiger partial charge in [0.05, 0.1) is 11.7 Å². The molecule has 0 amide bonds. The number of aromatic amines is 1. The van der Waals surface area contributed by atoms with Gasteiger partial charge in [-0.3, -0.25) is 4.79 Å². The average Bonchev–Trinajstić information content (AvgIpc) is 2.61. The number of rotatable bonds is 2. The van der Waals surface area contributed by atoms with Crippen molar-refractivity contribution in [3.63, 3.8) is 0 Å². The van der Waals surface area contributed by atoms with Gasteiger partial charge in [0.1, 0.15) is 11.2 Å². The minimum atomic E-state index is -1.05. The molecule has 0 unspecified atom stereocenters. The van der Waals surface area contributed by atoms with E-state index in [0.717, 1.165) is 0 Å². The third kappa shape index (κ3) is 1.43. The van der Waals surface area contributed by atoms with E-state index in [1.165, 1.54) is 6.20 Å². The minimum absolute atomic E-state index is 0.380. The second-order valence-corrected chi connectivity index (χ2v) is 3.78. The van der Waals surface area contributed by atoms with Crippen LogP contribution in [0.2, 0.25) is 0 Å². The highest BCUT2D eigenvalue weighted by Gasteiger charge is 2.33. The number of carboxylic acids is 1. The maximum Gasteiger partial charge on any atom is 0.316 e. The summed E-state index contributed by atoms with van der Waals surface area (Å²) in [6.45, 7) is 3.17. The number of carboxylic acid groups (broad SMARTS) is 1. The topological polar surface area (TPSA) is 91.8 Å². The van der Waals surface area contributed by atoms with Gasteiger partial charge in [0, 0.05) is 0 Å². The Hall–Kier alpha value is -1.98. The zero-order valence-electron chi connectivity index (χ0n) is 8.35. The Kier molecular flexibility index (Phi) is 1.92. The van der Waals surface area contributed by atoms with Crippen molar-refractivity contribution in [1.29, 1.82) is 0 Å². The third-order valence-electron chi connectivity index (χ3n) is 2.30. The number of aliphatic carboxylic acids is 1. The average molecular weight is 206 g/mol. The zero-order valence-corrected chi connectivity index (χ0v) is 8.35. The molecule has 2 aromatic heterocycles. The van der Waals surface area contributed by atoms with Crippen molar-refractivity contribution < 1.29 is 9.90 Å². The van der Waals surface area contributed by atoms with Crippen LogP contribution in [-0.4, -0.2) is 31.2 Å². The molecule has 0 aromatic carbocycles. The number of hydrogen-bond acceptors (Lipinski definition) is 4. The maximum absolute atomic E-state index is 11.0. The maximum atomic E-state index is 11.0. The molecule has 0 atom stereocenters. The van der Waals surface area contributed by atoms with Gasteiger partial charge >= 0.3 is 5.97 Å². The molecule has 0 aliphatic rings. The highest BCUT2D eigenvalue weighted by Crippen LogP contribution is 2.22. The summed E-state index contributed by atoms with van der Waals surface area (Å²) < 4.78 is 0. The van der Waals surface area contributed by atoms with Gasteiger partial charge in [-0.1, -0.05) is 0 Å². The molecule has 0 spiro atoms. The predicted molar refractivity (Wildman–Crippen MR) is 52.3 cm³/mol. The second-order valence-electron chi connectivity index (χ2n) is 3.78. The third-order valence-corrected chi connectivity index (χ3v) is 2.30. The first kappa shape index (κ1) is 9.57. The Morgan fingerprint density at radius 1 is 1.53 bits per heavy atom. The predicted octanol–water partition coefficient (Wildman–Crippen LogP) is 0.715. The molecule has 2 N–H and O–H groups in total. The zero-order chi connectivity index (χ0) is 11.1. The van der Waals surface area contributed by atoms with Crippen molar-refractivity contribution in [2.45, 2.75) is 19.3 Å². The Labute approximate surface area is 85.4 Å². The Bertz CT molecular complexity index is 485. The number of nitrogens with one attached hydrogen (secondary N) is 1. The summed E-state index contributed by atoms with van der Waals surface area (Å²) >= 11 is 0. The highest BCUT2D eigenvalue weighted by molar-refractivity contribution is 5.81. The molecule has 6 heteroatoms. The lowest BCUT2D eigenvalue weighted by Crippen LogP contribution is -2.29. The molecule has 2 heterocycles. The van der Waals surface area contributed by atoms with Gasteiger partial charge in [-0.15, -0.1) is 5.10 Å². The van der Waals surface area contributed by atoms with E-state index in [0.29, 0.717) is 17.0 Å². The van der Waals surface area contributed by atoms with Gasteiger partial charge in [-0.25, -0.2) is 4.98 Å². The lowest BCUT2D eigenvalue weighted by molar-refractivity contribution is -0.142. The van der Waals surface area contributed by atoms with E-state index < -0.39 is 11.4 Å². The molecule has 0 saturated heterocycles. The Morgan fingerprint density at radius 2 is 2.27 bits per heavy atom. The SMILES string of the molecule is CC(C)(C(=O)O)c1nc2nnccc2[nH]1. The fourth-order valence-corrected chi connectivity index (χ4v) is 1.16. The van der Waals surface area contributed by atoms with Crippen LogP contribution in [0, 0.1) is 0 Å². The van der Waals surface area contributed by atoms with Crippen molar-refractivity contribution in [1.82, 2.24) is 20.2 Å². The van der Waals surface area contributed by atoms with Gasteiger partial charge in [-0.2, -0.15) is 5.10 Å². The summed E-state index contributed by atoms with van der Waals surface area (Å²) in [5.41, 5.74) is 0.0666. The van der Waals surface area contributed by atoms with Crippen LogP contribution in [0.1, 0.15) is 19.7 Å². The molecule has 0 saturated carbocycles. The van der Waals surface area contributed by atoms with Crippen LogP contribution in [0.3, 0.4) is 0 Å². The van der Waals surface area contributed by atoms with Crippen molar-refractivity contribution >= 4 is 17.1 Å². The van der Waals surface area contributed by atoms with Crippen molar-refractivity contribution in [2.75, 3.05) is 0 Å². The summed E-state index contributed by atoms with van der Waals surface area (Å²) in [4.78, 5) is 18.0. The monoisotopic (exact) mass is 206 g/mol. The molecular weight excluding hydrogens is 196 g/mol. The van der Waals surface area contributed by atoms with Crippen LogP contribution < -0.4 is 0 Å². The molecule has 0 radical (unpaired) electrons.